The molecule has 2 aromatic carbocycles. The molecule has 2 N–H and O–H groups in total. The molecule has 27 heavy (non-hydrogen) atoms. The zero-order chi connectivity index (χ0) is 19.4. The molecule has 0 aliphatic heterocycles. The normalized spacial score (nSPS) is 10.5. The van der Waals surface area contributed by atoms with Crippen LogP contribution < -0.4 is 20.3 Å². The molecule has 3 aromatic rings. The number of benzene rings is 2. The smallest absolute Gasteiger partial charge is 0.279 e. The molecule has 0 spiro atoms. The van der Waals surface area contributed by atoms with Crippen LogP contribution in [0.5, 0.6) is 11.5 Å². The predicted octanol–water partition coefficient (Wildman–Crippen LogP) is 3.52. The van der Waals surface area contributed by atoms with Crippen LogP contribution in [0.4, 0.5) is 4.39 Å². The number of methoxy groups -OCH3 is 1. The van der Waals surface area contributed by atoms with E-state index in [1.807, 2.05) is 6.92 Å². The molecular weight excluding hydrogens is 371 g/mol. The van der Waals surface area contributed by atoms with Gasteiger partial charge in [0.2, 0.25) is 0 Å². The van der Waals surface area contributed by atoms with Crippen LogP contribution >= 0.6 is 11.3 Å². The third-order valence-electron chi connectivity index (χ3n) is 3.75. The first-order chi connectivity index (χ1) is 13.0. The molecule has 0 fully saturated rings. The Labute approximate surface area is 158 Å². The first-order valence-electron chi connectivity index (χ1n) is 8.13. The number of rotatable bonds is 5. The molecule has 140 valence electrons. The number of halogens is 1. The molecule has 0 atom stereocenters. The number of hydrazine groups is 1. The van der Waals surface area contributed by atoms with Gasteiger partial charge in [-0.05, 0) is 43.3 Å². The molecule has 0 radical (unpaired) electrons. The Balaban J connectivity index is 1.69. The minimum Gasteiger partial charge on any atom is -0.493 e. The summed E-state index contributed by atoms with van der Waals surface area (Å²) in [4.78, 5) is 24.8. The van der Waals surface area contributed by atoms with E-state index < -0.39 is 17.6 Å². The highest BCUT2D eigenvalue weighted by Gasteiger charge is 2.15. The summed E-state index contributed by atoms with van der Waals surface area (Å²) in [6.07, 6.45) is 0. The first kappa shape index (κ1) is 18.7. The van der Waals surface area contributed by atoms with E-state index in [0.717, 1.165) is 11.3 Å². The highest BCUT2D eigenvalue weighted by Crippen LogP contribution is 2.28. The molecule has 1 aromatic heterocycles. The summed E-state index contributed by atoms with van der Waals surface area (Å²) < 4.78 is 25.0. The monoisotopic (exact) mass is 388 g/mol. The van der Waals surface area contributed by atoms with Gasteiger partial charge in [-0.1, -0.05) is 6.07 Å². The molecule has 0 saturated heterocycles. The highest BCUT2D eigenvalue weighted by molar-refractivity contribution is 7.20. The predicted molar refractivity (Wildman–Crippen MR) is 101 cm³/mol. The second-order valence-corrected chi connectivity index (χ2v) is 6.55. The number of nitrogens with one attached hydrogen (secondary N) is 2. The van der Waals surface area contributed by atoms with Crippen LogP contribution in [0.25, 0.3) is 10.1 Å². The van der Waals surface area contributed by atoms with Crippen LogP contribution in [0.1, 0.15) is 27.0 Å². The minimum absolute atomic E-state index is 0.290. The molecule has 0 bridgehead atoms. The van der Waals surface area contributed by atoms with Gasteiger partial charge in [-0.2, -0.15) is 0 Å². The number of ether oxygens (including phenoxy) is 2. The summed E-state index contributed by atoms with van der Waals surface area (Å²) in [5.41, 5.74) is 4.96. The molecule has 0 aliphatic rings. The van der Waals surface area contributed by atoms with E-state index >= 15 is 0 Å². The van der Waals surface area contributed by atoms with Gasteiger partial charge in [0.1, 0.15) is 5.82 Å². The minimum atomic E-state index is -0.526. The van der Waals surface area contributed by atoms with Crippen molar-refractivity contribution in [2.24, 2.45) is 0 Å². The van der Waals surface area contributed by atoms with Crippen LogP contribution in [0.2, 0.25) is 0 Å². The molecule has 2 amide bonds. The number of hydrogen-bond acceptors (Lipinski definition) is 5. The van der Waals surface area contributed by atoms with Crippen molar-refractivity contribution in [1.82, 2.24) is 10.9 Å². The van der Waals surface area contributed by atoms with E-state index in [1.165, 1.54) is 25.3 Å². The van der Waals surface area contributed by atoms with E-state index in [-0.39, 0.29) is 5.56 Å². The summed E-state index contributed by atoms with van der Waals surface area (Å²) in [6.45, 7) is 2.31. The van der Waals surface area contributed by atoms with Crippen molar-refractivity contribution in [2.45, 2.75) is 6.92 Å². The van der Waals surface area contributed by atoms with Gasteiger partial charge in [0.15, 0.2) is 11.5 Å². The largest absolute Gasteiger partial charge is 0.493 e. The van der Waals surface area contributed by atoms with Gasteiger partial charge in [-0.15, -0.1) is 11.3 Å². The third kappa shape index (κ3) is 4.01. The molecule has 8 heteroatoms. The van der Waals surface area contributed by atoms with E-state index in [2.05, 4.69) is 10.9 Å². The first-order valence-corrected chi connectivity index (χ1v) is 8.94. The number of carbonyl (C=O) groups is 2. The van der Waals surface area contributed by atoms with Gasteiger partial charge in [0, 0.05) is 15.6 Å². The van der Waals surface area contributed by atoms with Crippen LogP contribution in [-0.4, -0.2) is 25.5 Å². The summed E-state index contributed by atoms with van der Waals surface area (Å²) in [7, 11) is 1.47. The van der Waals surface area contributed by atoms with E-state index in [9.17, 15) is 14.0 Å². The fourth-order valence-electron chi connectivity index (χ4n) is 2.47. The fourth-order valence-corrected chi connectivity index (χ4v) is 3.44. The van der Waals surface area contributed by atoms with Crippen molar-refractivity contribution in [1.29, 1.82) is 0 Å². The van der Waals surface area contributed by atoms with E-state index in [4.69, 9.17) is 9.47 Å². The van der Waals surface area contributed by atoms with Crippen LogP contribution in [-0.2, 0) is 0 Å². The Bertz CT molecular complexity index is 1000. The zero-order valence-electron chi connectivity index (χ0n) is 14.7. The average Bonchev–Trinajstić information content (AvgIpc) is 3.12. The van der Waals surface area contributed by atoms with Crippen molar-refractivity contribution in [3.63, 3.8) is 0 Å². The number of carbonyl (C=O) groups excluding carboxylic acids is 2. The molecule has 1 heterocycles. The topological polar surface area (TPSA) is 76.7 Å². The number of hydrogen-bond donors (Lipinski definition) is 2. The van der Waals surface area contributed by atoms with Crippen LogP contribution in [0.15, 0.2) is 42.5 Å². The van der Waals surface area contributed by atoms with Crippen LogP contribution in [0, 0.1) is 5.82 Å². The van der Waals surface area contributed by atoms with Crippen molar-refractivity contribution in [3.8, 4) is 11.5 Å². The van der Waals surface area contributed by atoms with Crippen molar-refractivity contribution in [2.75, 3.05) is 13.7 Å². The van der Waals surface area contributed by atoms with E-state index in [1.54, 1.807) is 24.3 Å². The lowest BCUT2D eigenvalue weighted by atomic mass is 10.2. The SMILES string of the molecule is CCOc1ccc(C(=O)NNC(=O)c2cc3c(F)cccc3s2)cc1OC. The second-order valence-electron chi connectivity index (χ2n) is 5.47. The number of thiophene rings is 1. The zero-order valence-corrected chi connectivity index (χ0v) is 15.5. The summed E-state index contributed by atoms with van der Waals surface area (Å²) in [5, 5.41) is 0.371. The van der Waals surface area contributed by atoms with Crippen LogP contribution in [0.3, 0.4) is 0 Å². The highest BCUT2D eigenvalue weighted by atomic mass is 32.1. The quantitative estimate of drug-likeness (QED) is 0.656. The van der Waals surface area contributed by atoms with Gasteiger partial charge in [-0.25, -0.2) is 4.39 Å². The third-order valence-corrected chi connectivity index (χ3v) is 4.85. The van der Waals surface area contributed by atoms with Gasteiger partial charge in [0.05, 0.1) is 18.6 Å². The van der Waals surface area contributed by atoms with Crippen molar-refractivity contribution < 1.29 is 23.5 Å². The van der Waals surface area contributed by atoms with E-state index in [0.29, 0.717) is 33.1 Å². The number of fused-ring (bicyclic) bond motifs is 1. The van der Waals surface area contributed by atoms with Crippen molar-refractivity contribution >= 4 is 33.2 Å². The van der Waals surface area contributed by atoms with Gasteiger partial charge in [0.25, 0.3) is 11.8 Å². The Hall–Kier alpha value is -3.13. The lowest BCUT2D eigenvalue weighted by molar-refractivity contribution is 0.0848. The second kappa shape index (κ2) is 8.05. The molecule has 0 unspecified atom stereocenters. The Morgan fingerprint density at radius 2 is 1.85 bits per heavy atom. The van der Waals surface area contributed by atoms with Gasteiger partial charge < -0.3 is 9.47 Å². The Morgan fingerprint density at radius 1 is 1.07 bits per heavy atom. The fraction of sp³-hybridized carbons (Fsp3) is 0.158. The molecular formula is C19H17FN2O4S. The molecule has 3 rings (SSSR count). The summed E-state index contributed by atoms with van der Waals surface area (Å²) in [5.74, 6) is -0.504. The average molecular weight is 388 g/mol. The summed E-state index contributed by atoms with van der Waals surface area (Å²) in [6, 6.07) is 10.8. The molecule has 0 saturated carbocycles. The maximum absolute atomic E-state index is 13.7. The lowest BCUT2D eigenvalue weighted by Crippen LogP contribution is -2.41. The maximum Gasteiger partial charge on any atom is 0.279 e. The van der Waals surface area contributed by atoms with Gasteiger partial charge >= 0.3 is 0 Å². The Morgan fingerprint density at radius 3 is 2.56 bits per heavy atom. The maximum atomic E-state index is 13.7. The standard InChI is InChI=1S/C19H17FN2O4S/c1-3-26-14-8-7-11(9-15(14)25-2)18(23)21-22-19(24)17-10-12-13(20)5-4-6-16(12)27-17/h4-10H,3H2,1-2H3,(H,21,23)(H,22,24). The Kier molecular flexibility index (Phi) is 5.56. The van der Waals surface area contributed by atoms with Crippen molar-refractivity contribution in [3.05, 3.63) is 58.7 Å². The molecule has 0 aliphatic carbocycles. The van der Waals surface area contributed by atoms with Gasteiger partial charge in [-0.3, -0.25) is 20.4 Å². The molecule has 6 nitrogen and oxygen atoms in total. The summed E-state index contributed by atoms with van der Waals surface area (Å²) >= 11 is 1.14. The number of amides is 2. The lowest BCUT2D eigenvalue weighted by Gasteiger charge is -2.11.